The SMILES string of the molecule is O=C(N[C@@H](Cc1ccc(-c2ccccc2Oc2ccccc2)cc1)C(=O)O)c1cc(Cl)ccc1NS(=O)(=O)c1ccc(N2CCOCC2)nc1. The van der Waals surface area contributed by atoms with Gasteiger partial charge in [-0.05, 0) is 59.7 Å². The number of nitrogens with one attached hydrogen (secondary N) is 2. The number of ether oxygens (including phenoxy) is 2. The summed E-state index contributed by atoms with van der Waals surface area (Å²) in [6, 6.07) is 30.0. The van der Waals surface area contributed by atoms with Crippen LogP contribution in [0.15, 0.2) is 120 Å². The molecular weight excluding hydrogens is 680 g/mol. The van der Waals surface area contributed by atoms with Gasteiger partial charge in [0.15, 0.2) is 0 Å². The number of anilines is 2. The summed E-state index contributed by atoms with van der Waals surface area (Å²) >= 11 is 6.18. The lowest BCUT2D eigenvalue weighted by atomic mass is 9.99. The number of pyridine rings is 1. The van der Waals surface area contributed by atoms with Gasteiger partial charge in [0, 0.05) is 36.3 Å². The standard InChI is InChI=1S/C37H33ClN4O7S/c38-27-14-16-32(41-50(46,47)29-15-17-35(39-24-29)42-18-20-48-21-19-42)31(23-27)36(43)40-33(37(44)45)22-25-10-12-26(13-11-25)30-8-4-5-9-34(30)49-28-6-2-1-3-7-28/h1-17,23-24,33,41H,18-22H2,(H,40,43)(H,44,45)/t33-/m0/s1. The number of nitrogens with zero attached hydrogens (tertiary/aromatic N) is 2. The van der Waals surface area contributed by atoms with Gasteiger partial charge in [-0.25, -0.2) is 18.2 Å². The fourth-order valence-corrected chi connectivity index (χ4v) is 6.61. The highest BCUT2D eigenvalue weighted by Crippen LogP contribution is 2.33. The molecule has 256 valence electrons. The van der Waals surface area contributed by atoms with Crippen molar-refractivity contribution in [1.29, 1.82) is 0 Å². The molecular formula is C37H33ClN4O7S. The Kier molecular flexibility index (Phi) is 10.6. The Balaban J connectivity index is 1.15. The number of aromatic nitrogens is 1. The topological polar surface area (TPSA) is 147 Å². The molecule has 0 aliphatic carbocycles. The van der Waals surface area contributed by atoms with E-state index in [4.69, 9.17) is 21.1 Å². The monoisotopic (exact) mass is 712 g/mol. The number of morpholine rings is 1. The second kappa shape index (κ2) is 15.4. The number of sulfonamides is 1. The van der Waals surface area contributed by atoms with Crippen LogP contribution in [0.3, 0.4) is 0 Å². The zero-order chi connectivity index (χ0) is 35.1. The molecule has 2 heterocycles. The van der Waals surface area contributed by atoms with Crippen molar-refractivity contribution in [1.82, 2.24) is 10.3 Å². The Morgan fingerprint density at radius 3 is 2.34 bits per heavy atom. The van der Waals surface area contributed by atoms with Crippen LogP contribution in [0.4, 0.5) is 11.5 Å². The van der Waals surface area contributed by atoms with Crippen molar-refractivity contribution >= 4 is 45.0 Å². The minimum Gasteiger partial charge on any atom is -0.480 e. The number of carboxylic acid groups (broad SMARTS) is 1. The van der Waals surface area contributed by atoms with E-state index in [1.165, 1.54) is 30.5 Å². The van der Waals surface area contributed by atoms with Crippen LogP contribution in [0.2, 0.25) is 5.02 Å². The van der Waals surface area contributed by atoms with Gasteiger partial charge in [0.1, 0.15) is 28.3 Å². The number of carbonyl (C=O) groups excluding carboxylic acids is 1. The minimum absolute atomic E-state index is 0.0354. The largest absolute Gasteiger partial charge is 0.480 e. The van der Waals surface area contributed by atoms with E-state index in [1.54, 1.807) is 18.2 Å². The van der Waals surface area contributed by atoms with Gasteiger partial charge in [-0.1, -0.05) is 72.3 Å². The maximum Gasteiger partial charge on any atom is 0.326 e. The molecule has 3 N–H and O–H groups in total. The van der Waals surface area contributed by atoms with Crippen molar-refractivity contribution in [3.05, 3.63) is 132 Å². The van der Waals surface area contributed by atoms with Gasteiger partial charge in [-0.2, -0.15) is 0 Å². The summed E-state index contributed by atoms with van der Waals surface area (Å²) in [6.45, 7) is 2.39. The fourth-order valence-electron chi connectivity index (χ4n) is 5.41. The highest BCUT2D eigenvalue weighted by molar-refractivity contribution is 7.92. The Bertz CT molecular complexity index is 2070. The summed E-state index contributed by atoms with van der Waals surface area (Å²) in [5.41, 5.74) is 2.15. The van der Waals surface area contributed by atoms with E-state index in [0.29, 0.717) is 49.2 Å². The number of amides is 1. The number of hydrogen-bond acceptors (Lipinski definition) is 8. The summed E-state index contributed by atoms with van der Waals surface area (Å²) in [5.74, 6) is -0.101. The third-order valence-corrected chi connectivity index (χ3v) is 9.59. The number of carboxylic acids is 1. The summed E-state index contributed by atoms with van der Waals surface area (Å²) < 4.78 is 40.5. The normalized spacial score (nSPS) is 13.7. The third-order valence-electron chi connectivity index (χ3n) is 8.00. The molecule has 50 heavy (non-hydrogen) atoms. The average Bonchev–Trinajstić information content (AvgIpc) is 3.13. The molecule has 1 atom stereocenters. The number of para-hydroxylation sites is 2. The molecule has 4 aromatic carbocycles. The van der Waals surface area contributed by atoms with E-state index in [1.807, 2.05) is 71.6 Å². The smallest absolute Gasteiger partial charge is 0.326 e. The zero-order valence-electron chi connectivity index (χ0n) is 26.7. The Morgan fingerprint density at radius 2 is 1.64 bits per heavy atom. The number of carbonyl (C=O) groups is 2. The maximum atomic E-state index is 13.5. The lowest BCUT2D eigenvalue weighted by Crippen LogP contribution is -2.42. The van der Waals surface area contributed by atoms with Gasteiger partial charge in [-0.15, -0.1) is 0 Å². The van der Waals surface area contributed by atoms with Gasteiger partial charge in [0.05, 0.1) is 24.5 Å². The van der Waals surface area contributed by atoms with Crippen LogP contribution in [0.5, 0.6) is 11.5 Å². The Hall–Kier alpha value is -5.43. The number of hydrogen-bond donors (Lipinski definition) is 3. The predicted octanol–water partition coefficient (Wildman–Crippen LogP) is 6.26. The molecule has 1 fully saturated rings. The van der Waals surface area contributed by atoms with E-state index in [-0.39, 0.29) is 27.6 Å². The van der Waals surface area contributed by atoms with Crippen molar-refractivity contribution in [2.24, 2.45) is 0 Å². The summed E-state index contributed by atoms with van der Waals surface area (Å²) in [7, 11) is -4.18. The molecule has 6 rings (SSSR count). The molecule has 0 bridgehead atoms. The Morgan fingerprint density at radius 1 is 0.920 bits per heavy atom. The predicted molar refractivity (Wildman–Crippen MR) is 191 cm³/mol. The van der Waals surface area contributed by atoms with E-state index < -0.39 is 27.9 Å². The molecule has 13 heteroatoms. The fraction of sp³-hybridized carbons (Fsp3) is 0.162. The molecule has 11 nitrogen and oxygen atoms in total. The first-order valence-electron chi connectivity index (χ1n) is 15.7. The van der Waals surface area contributed by atoms with E-state index >= 15 is 0 Å². The molecule has 1 saturated heterocycles. The third kappa shape index (κ3) is 8.40. The number of aliphatic carboxylic acids is 1. The lowest BCUT2D eigenvalue weighted by Gasteiger charge is -2.27. The Labute approximate surface area is 294 Å². The summed E-state index contributed by atoms with van der Waals surface area (Å²) in [6.07, 6.45) is 1.20. The van der Waals surface area contributed by atoms with Gasteiger partial charge in [-0.3, -0.25) is 9.52 Å². The first-order valence-corrected chi connectivity index (χ1v) is 17.6. The molecule has 0 unspecified atom stereocenters. The second-order valence-electron chi connectivity index (χ2n) is 11.4. The lowest BCUT2D eigenvalue weighted by molar-refractivity contribution is -0.139. The van der Waals surface area contributed by atoms with E-state index in [2.05, 4.69) is 15.0 Å². The second-order valence-corrected chi connectivity index (χ2v) is 13.5. The number of rotatable bonds is 12. The minimum atomic E-state index is -4.18. The highest BCUT2D eigenvalue weighted by atomic mass is 35.5. The summed E-state index contributed by atoms with van der Waals surface area (Å²) in [4.78, 5) is 32.0. The molecule has 1 amide bonds. The number of halogens is 1. The number of benzene rings is 4. The van der Waals surface area contributed by atoms with E-state index in [9.17, 15) is 23.1 Å². The molecule has 0 spiro atoms. The van der Waals surface area contributed by atoms with Crippen LogP contribution in [0.1, 0.15) is 15.9 Å². The molecule has 1 aliphatic heterocycles. The van der Waals surface area contributed by atoms with Crippen molar-refractivity contribution in [2.75, 3.05) is 35.9 Å². The van der Waals surface area contributed by atoms with Gasteiger partial charge in [0.2, 0.25) is 0 Å². The molecule has 5 aromatic rings. The van der Waals surface area contributed by atoms with Crippen LogP contribution in [-0.2, 0) is 26.0 Å². The zero-order valence-corrected chi connectivity index (χ0v) is 28.2. The van der Waals surface area contributed by atoms with Crippen molar-refractivity contribution < 1.29 is 32.6 Å². The van der Waals surface area contributed by atoms with Gasteiger partial charge >= 0.3 is 5.97 Å². The van der Waals surface area contributed by atoms with Gasteiger partial charge < -0.3 is 24.8 Å². The maximum absolute atomic E-state index is 13.5. The van der Waals surface area contributed by atoms with Crippen molar-refractivity contribution in [3.63, 3.8) is 0 Å². The molecule has 0 radical (unpaired) electrons. The molecule has 1 aliphatic rings. The van der Waals surface area contributed by atoms with Crippen LogP contribution in [0.25, 0.3) is 11.1 Å². The van der Waals surface area contributed by atoms with Crippen LogP contribution < -0.4 is 19.7 Å². The quantitative estimate of drug-likeness (QED) is 0.136. The summed E-state index contributed by atoms with van der Waals surface area (Å²) in [5, 5.41) is 12.7. The van der Waals surface area contributed by atoms with Crippen molar-refractivity contribution in [2.45, 2.75) is 17.4 Å². The first-order chi connectivity index (χ1) is 24.2. The first kappa shape index (κ1) is 34.4. The van der Waals surface area contributed by atoms with Crippen LogP contribution >= 0.6 is 11.6 Å². The van der Waals surface area contributed by atoms with E-state index in [0.717, 1.165) is 11.1 Å². The highest BCUT2D eigenvalue weighted by Gasteiger charge is 2.25. The van der Waals surface area contributed by atoms with Crippen molar-refractivity contribution in [3.8, 4) is 22.6 Å². The molecule has 1 aromatic heterocycles. The van der Waals surface area contributed by atoms with Crippen LogP contribution in [-0.4, -0.2) is 62.7 Å². The molecule has 0 saturated carbocycles. The van der Waals surface area contributed by atoms with Crippen LogP contribution in [0, 0.1) is 0 Å². The average molecular weight is 713 g/mol. The van der Waals surface area contributed by atoms with Gasteiger partial charge in [0.25, 0.3) is 15.9 Å².